The summed E-state index contributed by atoms with van der Waals surface area (Å²) in [6.45, 7) is 2.47. The molecule has 0 unspecified atom stereocenters. The van der Waals surface area contributed by atoms with Gasteiger partial charge in [0, 0.05) is 18.3 Å². The highest BCUT2D eigenvalue weighted by Gasteiger charge is 2.16. The third-order valence-corrected chi connectivity index (χ3v) is 3.42. The van der Waals surface area contributed by atoms with Gasteiger partial charge in [0.2, 0.25) is 0 Å². The van der Waals surface area contributed by atoms with Gasteiger partial charge in [-0.25, -0.2) is 9.07 Å². The summed E-state index contributed by atoms with van der Waals surface area (Å²) >= 11 is 0. The van der Waals surface area contributed by atoms with Crippen LogP contribution in [0.5, 0.6) is 0 Å². The van der Waals surface area contributed by atoms with E-state index < -0.39 is 12.0 Å². The average molecular weight is 305 g/mol. The highest BCUT2D eigenvalue weighted by molar-refractivity contribution is 5.73. The van der Waals surface area contributed by atoms with E-state index in [2.05, 4.69) is 10.4 Å². The van der Waals surface area contributed by atoms with E-state index in [9.17, 15) is 9.18 Å². The van der Waals surface area contributed by atoms with Crippen LogP contribution in [0.1, 0.15) is 31.7 Å². The fourth-order valence-corrected chi connectivity index (χ4v) is 2.15. The molecule has 0 fully saturated rings. The predicted octanol–water partition coefficient (Wildman–Crippen LogP) is 2.74. The van der Waals surface area contributed by atoms with Crippen LogP contribution >= 0.6 is 0 Å². The highest BCUT2D eigenvalue weighted by Crippen LogP contribution is 2.10. The molecule has 0 bridgehead atoms. The van der Waals surface area contributed by atoms with Crippen LogP contribution in [-0.4, -0.2) is 26.9 Å². The number of rotatable bonds is 8. The highest BCUT2D eigenvalue weighted by atomic mass is 19.1. The van der Waals surface area contributed by atoms with Gasteiger partial charge in [-0.1, -0.05) is 19.8 Å². The smallest absolute Gasteiger partial charge is 0.320 e. The Labute approximate surface area is 128 Å². The zero-order valence-corrected chi connectivity index (χ0v) is 12.5. The number of carboxylic acid groups (broad SMARTS) is 1. The summed E-state index contributed by atoms with van der Waals surface area (Å²) in [7, 11) is 0. The summed E-state index contributed by atoms with van der Waals surface area (Å²) in [6.07, 6.45) is 5.93. The molecule has 2 aromatic rings. The Bertz CT molecular complexity index is 610. The Morgan fingerprint density at radius 2 is 2.14 bits per heavy atom. The first kappa shape index (κ1) is 16.2. The lowest BCUT2D eigenvalue weighted by Gasteiger charge is -2.12. The molecule has 1 heterocycles. The third kappa shape index (κ3) is 4.39. The number of carboxylic acids is 1. The van der Waals surface area contributed by atoms with E-state index >= 15 is 0 Å². The Kier molecular flexibility index (Phi) is 5.66. The monoisotopic (exact) mass is 305 g/mol. The summed E-state index contributed by atoms with van der Waals surface area (Å²) < 4.78 is 14.5. The molecule has 6 heteroatoms. The second-order valence-corrected chi connectivity index (χ2v) is 5.18. The molecule has 5 nitrogen and oxygen atoms in total. The predicted molar refractivity (Wildman–Crippen MR) is 81.3 cm³/mol. The number of unbranched alkanes of at least 4 members (excludes halogenated alkanes) is 1. The molecular formula is C16H20FN3O2. The summed E-state index contributed by atoms with van der Waals surface area (Å²) in [5.41, 5.74) is 1.64. The van der Waals surface area contributed by atoms with Crippen molar-refractivity contribution in [2.45, 2.75) is 38.8 Å². The van der Waals surface area contributed by atoms with Gasteiger partial charge < -0.3 is 10.4 Å². The van der Waals surface area contributed by atoms with Gasteiger partial charge in [-0.05, 0) is 30.7 Å². The number of hydrogen-bond acceptors (Lipinski definition) is 3. The van der Waals surface area contributed by atoms with Gasteiger partial charge in [0.15, 0.2) is 0 Å². The summed E-state index contributed by atoms with van der Waals surface area (Å²) in [4.78, 5) is 11.2. The fraction of sp³-hybridized carbons (Fsp3) is 0.375. The minimum Gasteiger partial charge on any atom is -0.480 e. The molecular weight excluding hydrogens is 285 g/mol. The first-order valence-corrected chi connectivity index (χ1v) is 7.36. The molecule has 0 aliphatic carbocycles. The topological polar surface area (TPSA) is 67.2 Å². The van der Waals surface area contributed by atoms with Crippen LogP contribution in [0.2, 0.25) is 0 Å². The Balaban J connectivity index is 1.96. The van der Waals surface area contributed by atoms with Gasteiger partial charge >= 0.3 is 5.97 Å². The van der Waals surface area contributed by atoms with E-state index in [1.807, 2.05) is 6.92 Å². The van der Waals surface area contributed by atoms with Crippen molar-refractivity contribution in [2.75, 3.05) is 0 Å². The van der Waals surface area contributed by atoms with Crippen LogP contribution in [0.3, 0.4) is 0 Å². The maximum atomic E-state index is 12.9. The van der Waals surface area contributed by atoms with Crippen molar-refractivity contribution in [1.29, 1.82) is 0 Å². The van der Waals surface area contributed by atoms with Crippen LogP contribution in [0.25, 0.3) is 5.69 Å². The van der Waals surface area contributed by atoms with Crippen LogP contribution in [0, 0.1) is 5.82 Å². The van der Waals surface area contributed by atoms with Crippen molar-refractivity contribution >= 4 is 5.97 Å². The fourth-order valence-electron chi connectivity index (χ4n) is 2.15. The zero-order chi connectivity index (χ0) is 15.9. The molecule has 1 atom stereocenters. The van der Waals surface area contributed by atoms with Crippen molar-refractivity contribution in [3.8, 4) is 5.69 Å². The Hall–Kier alpha value is -2.21. The average Bonchev–Trinajstić information content (AvgIpc) is 2.96. The molecule has 0 radical (unpaired) electrons. The minimum absolute atomic E-state index is 0.293. The number of nitrogens with zero attached hydrogens (tertiary/aromatic N) is 2. The minimum atomic E-state index is -0.834. The molecule has 0 aliphatic rings. The van der Waals surface area contributed by atoms with Gasteiger partial charge in [0.1, 0.15) is 11.9 Å². The van der Waals surface area contributed by atoms with Gasteiger partial charge in [-0.15, -0.1) is 0 Å². The van der Waals surface area contributed by atoms with Gasteiger partial charge in [0.25, 0.3) is 0 Å². The normalized spacial score (nSPS) is 12.3. The molecule has 0 saturated carbocycles. The van der Waals surface area contributed by atoms with Gasteiger partial charge in [-0.3, -0.25) is 4.79 Å². The van der Waals surface area contributed by atoms with Crippen LogP contribution in [-0.2, 0) is 11.3 Å². The van der Waals surface area contributed by atoms with Crippen molar-refractivity contribution in [3.05, 3.63) is 48.0 Å². The van der Waals surface area contributed by atoms with Gasteiger partial charge in [-0.2, -0.15) is 5.10 Å². The maximum Gasteiger partial charge on any atom is 0.320 e. The number of aromatic nitrogens is 2. The molecule has 0 aliphatic heterocycles. The van der Waals surface area contributed by atoms with Crippen LogP contribution < -0.4 is 5.32 Å². The summed E-state index contributed by atoms with van der Waals surface area (Å²) in [6, 6.07) is 5.48. The van der Waals surface area contributed by atoms with Crippen molar-refractivity contribution in [3.63, 3.8) is 0 Å². The number of halogens is 1. The molecule has 22 heavy (non-hydrogen) atoms. The lowest BCUT2D eigenvalue weighted by molar-refractivity contribution is -0.139. The van der Waals surface area contributed by atoms with E-state index in [1.165, 1.54) is 12.1 Å². The third-order valence-electron chi connectivity index (χ3n) is 3.42. The Morgan fingerprint density at radius 1 is 1.41 bits per heavy atom. The summed E-state index contributed by atoms with van der Waals surface area (Å²) in [5, 5.41) is 16.4. The number of hydrogen-bond donors (Lipinski definition) is 2. The van der Waals surface area contributed by atoms with E-state index in [-0.39, 0.29) is 5.82 Å². The lowest BCUT2D eigenvalue weighted by Crippen LogP contribution is -2.36. The molecule has 1 aromatic carbocycles. The van der Waals surface area contributed by atoms with E-state index in [4.69, 9.17) is 5.11 Å². The van der Waals surface area contributed by atoms with Crippen LogP contribution in [0.4, 0.5) is 4.39 Å². The molecule has 2 N–H and O–H groups in total. The number of aliphatic carboxylic acids is 1. The molecule has 118 valence electrons. The molecule has 2 rings (SSSR count). The zero-order valence-electron chi connectivity index (χ0n) is 12.5. The van der Waals surface area contributed by atoms with E-state index in [0.717, 1.165) is 24.1 Å². The first-order chi connectivity index (χ1) is 10.6. The number of carbonyl (C=O) groups is 1. The van der Waals surface area contributed by atoms with Crippen molar-refractivity contribution in [2.24, 2.45) is 0 Å². The van der Waals surface area contributed by atoms with E-state index in [0.29, 0.717) is 13.0 Å². The summed E-state index contributed by atoms with van der Waals surface area (Å²) in [5.74, 6) is -1.13. The second-order valence-electron chi connectivity index (χ2n) is 5.18. The van der Waals surface area contributed by atoms with Crippen molar-refractivity contribution in [1.82, 2.24) is 15.1 Å². The Morgan fingerprint density at radius 3 is 2.77 bits per heavy atom. The first-order valence-electron chi connectivity index (χ1n) is 7.36. The quantitative estimate of drug-likeness (QED) is 0.787. The molecule has 0 amide bonds. The SMILES string of the molecule is CCCC[C@H](NCc1cnn(-c2ccc(F)cc2)c1)C(=O)O. The standard InChI is InChI=1S/C16H20FN3O2/c1-2-3-4-15(16(21)22)18-9-12-10-19-20(11-12)14-7-5-13(17)6-8-14/h5-8,10-11,15,18H,2-4,9H2,1H3,(H,21,22)/t15-/m0/s1. The molecule has 0 saturated heterocycles. The molecule has 1 aromatic heterocycles. The number of benzene rings is 1. The van der Waals surface area contributed by atoms with Crippen LogP contribution in [0.15, 0.2) is 36.7 Å². The number of nitrogens with one attached hydrogen (secondary N) is 1. The van der Waals surface area contributed by atoms with Gasteiger partial charge in [0.05, 0.1) is 11.9 Å². The molecule has 0 spiro atoms. The second kappa shape index (κ2) is 7.70. The largest absolute Gasteiger partial charge is 0.480 e. The lowest BCUT2D eigenvalue weighted by atomic mass is 10.1. The maximum absolute atomic E-state index is 12.9. The van der Waals surface area contributed by atoms with Crippen molar-refractivity contribution < 1.29 is 14.3 Å². The van der Waals surface area contributed by atoms with E-state index in [1.54, 1.807) is 29.2 Å².